The van der Waals surface area contributed by atoms with Crippen LogP contribution in [0.3, 0.4) is 0 Å². The highest BCUT2D eigenvalue weighted by Crippen LogP contribution is 2.14. The summed E-state index contributed by atoms with van der Waals surface area (Å²) in [7, 11) is 1.52. The van der Waals surface area contributed by atoms with Gasteiger partial charge in [0.1, 0.15) is 24.4 Å². The molecule has 160 valence electrons. The Morgan fingerprint density at radius 1 is 1.17 bits per heavy atom. The predicted octanol–water partition coefficient (Wildman–Crippen LogP) is -0.320. The zero-order valence-electron chi connectivity index (χ0n) is 17.3. The average Bonchev–Trinajstić information content (AvgIpc) is 2.65. The second kappa shape index (κ2) is 11.8. The van der Waals surface area contributed by atoms with Gasteiger partial charge in [-0.25, -0.2) is 0 Å². The smallest absolute Gasteiger partial charge is 0.245 e. The van der Waals surface area contributed by atoms with Crippen LogP contribution in [0.1, 0.15) is 33.6 Å². The normalized spacial score (nSPS) is 24.8. The van der Waals surface area contributed by atoms with E-state index in [4.69, 9.17) is 0 Å². The molecule has 9 nitrogen and oxygen atoms in total. The lowest BCUT2D eigenvalue weighted by molar-refractivity contribution is -0.144. The van der Waals surface area contributed by atoms with Gasteiger partial charge in [-0.2, -0.15) is 0 Å². The first kappa shape index (κ1) is 24.1. The molecule has 1 aliphatic heterocycles. The van der Waals surface area contributed by atoms with E-state index in [0.717, 1.165) is 0 Å². The van der Waals surface area contributed by atoms with Crippen LogP contribution >= 0.6 is 0 Å². The van der Waals surface area contributed by atoms with Crippen molar-refractivity contribution in [2.24, 2.45) is 5.92 Å². The average molecular weight is 406 g/mol. The Hall–Kier alpha value is -2.97. The lowest BCUT2D eigenvalue weighted by Crippen LogP contribution is -2.58. The molecule has 1 rings (SSSR count). The molecule has 0 bridgehead atoms. The number of hydrogen-bond donors (Lipinski definition) is 3. The summed E-state index contributed by atoms with van der Waals surface area (Å²) in [6, 6.07) is -2.36. The standard InChI is InChI=1S/C20H30N4O5/c1-13(2)17-19(28)22-14(3)18(27)21-11-8-9-15(20(29)24(17)4)23-16(26)10-6-5-7-12-25/h5-7,10,12-15,17H,8-9,11H2,1-4H3,(H,21,27)(H,22,28)(H,23,26). The van der Waals surface area contributed by atoms with Gasteiger partial charge in [-0.1, -0.05) is 26.0 Å². The molecule has 0 aromatic rings. The van der Waals surface area contributed by atoms with Gasteiger partial charge in [-0.3, -0.25) is 24.0 Å². The summed E-state index contributed by atoms with van der Waals surface area (Å²) in [6.07, 6.45) is 6.58. The number of allylic oxidation sites excluding steroid dienone is 3. The number of amides is 4. The van der Waals surface area contributed by atoms with Crippen LogP contribution in [0.2, 0.25) is 0 Å². The third-order valence-corrected chi connectivity index (χ3v) is 4.55. The van der Waals surface area contributed by atoms with E-state index in [2.05, 4.69) is 16.0 Å². The van der Waals surface area contributed by atoms with Crippen molar-refractivity contribution < 1.29 is 24.0 Å². The maximum Gasteiger partial charge on any atom is 0.245 e. The van der Waals surface area contributed by atoms with Crippen molar-refractivity contribution >= 4 is 29.9 Å². The third kappa shape index (κ3) is 7.52. The maximum atomic E-state index is 13.0. The number of carbonyl (C=O) groups is 5. The van der Waals surface area contributed by atoms with E-state index < -0.39 is 29.9 Å². The van der Waals surface area contributed by atoms with Crippen molar-refractivity contribution in [1.82, 2.24) is 20.9 Å². The lowest BCUT2D eigenvalue weighted by atomic mass is 9.99. The fourth-order valence-corrected chi connectivity index (χ4v) is 3.07. The number of carbonyl (C=O) groups excluding carboxylic acids is 5. The lowest BCUT2D eigenvalue weighted by Gasteiger charge is -2.34. The minimum Gasteiger partial charge on any atom is -0.354 e. The molecule has 9 heteroatoms. The zero-order chi connectivity index (χ0) is 22.0. The Bertz CT molecular complexity index is 686. The number of nitrogens with zero attached hydrogens (tertiary/aromatic N) is 1. The molecule has 0 spiro atoms. The van der Waals surface area contributed by atoms with Gasteiger partial charge in [0.05, 0.1) is 0 Å². The highest BCUT2D eigenvalue weighted by atomic mass is 16.2. The molecule has 3 atom stereocenters. The van der Waals surface area contributed by atoms with E-state index in [-0.39, 0.29) is 17.7 Å². The summed E-state index contributed by atoms with van der Waals surface area (Å²) < 4.78 is 0. The highest BCUT2D eigenvalue weighted by molar-refractivity contribution is 5.96. The third-order valence-electron chi connectivity index (χ3n) is 4.55. The molecule has 1 fully saturated rings. The summed E-state index contributed by atoms with van der Waals surface area (Å²) >= 11 is 0. The Morgan fingerprint density at radius 2 is 1.86 bits per heavy atom. The second-order valence-electron chi connectivity index (χ2n) is 7.24. The quantitative estimate of drug-likeness (QED) is 0.328. The van der Waals surface area contributed by atoms with E-state index in [0.29, 0.717) is 25.7 Å². The van der Waals surface area contributed by atoms with Gasteiger partial charge in [0, 0.05) is 19.7 Å². The molecule has 0 saturated carbocycles. The molecule has 4 amide bonds. The minimum absolute atomic E-state index is 0.202. The highest BCUT2D eigenvalue weighted by Gasteiger charge is 2.35. The summed E-state index contributed by atoms with van der Waals surface area (Å²) in [5.41, 5.74) is 0. The van der Waals surface area contributed by atoms with Crippen LogP contribution < -0.4 is 16.0 Å². The molecule has 0 radical (unpaired) electrons. The van der Waals surface area contributed by atoms with Crippen molar-refractivity contribution in [3.63, 3.8) is 0 Å². The summed E-state index contributed by atoms with van der Waals surface area (Å²) in [5, 5.41) is 8.00. The van der Waals surface area contributed by atoms with Crippen LogP contribution in [0.25, 0.3) is 0 Å². The topological polar surface area (TPSA) is 125 Å². The molecular weight excluding hydrogens is 376 g/mol. The summed E-state index contributed by atoms with van der Waals surface area (Å²) in [5.74, 6) is -1.82. The zero-order valence-corrected chi connectivity index (χ0v) is 17.3. The van der Waals surface area contributed by atoms with E-state index in [9.17, 15) is 24.0 Å². The van der Waals surface area contributed by atoms with E-state index in [1.54, 1.807) is 20.8 Å². The second-order valence-corrected chi connectivity index (χ2v) is 7.24. The van der Waals surface area contributed by atoms with E-state index in [1.165, 1.54) is 36.3 Å². The van der Waals surface area contributed by atoms with Crippen LogP contribution in [-0.2, 0) is 24.0 Å². The van der Waals surface area contributed by atoms with Crippen LogP contribution in [-0.4, -0.2) is 66.5 Å². The van der Waals surface area contributed by atoms with Gasteiger partial charge in [0.15, 0.2) is 0 Å². The van der Waals surface area contributed by atoms with Crippen molar-refractivity contribution in [2.75, 3.05) is 13.6 Å². The number of rotatable bonds is 5. The number of likely N-dealkylation sites (N-methyl/N-ethyl adjacent to an activating group) is 1. The first-order chi connectivity index (χ1) is 13.7. The molecule has 0 aromatic heterocycles. The first-order valence-electron chi connectivity index (χ1n) is 9.62. The molecule has 0 aromatic carbocycles. The van der Waals surface area contributed by atoms with Gasteiger partial charge in [-0.15, -0.1) is 0 Å². The SMILES string of the molecule is CC1NC(=O)C(C(C)C)N(C)C(=O)C(NC(=O)C=CC=CC=O)CCCNC1=O. The Morgan fingerprint density at radius 3 is 2.48 bits per heavy atom. The van der Waals surface area contributed by atoms with Gasteiger partial charge < -0.3 is 20.9 Å². The van der Waals surface area contributed by atoms with Crippen LogP contribution in [0.15, 0.2) is 24.3 Å². The van der Waals surface area contributed by atoms with Gasteiger partial charge >= 0.3 is 0 Å². The van der Waals surface area contributed by atoms with Crippen LogP contribution in [0.4, 0.5) is 0 Å². The molecule has 29 heavy (non-hydrogen) atoms. The maximum absolute atomic E-state index is 13.0. The number of nitrogens with one attached hydrogen (secondary N) is 3. The molecule has 0 aliphatic carbocycles. The van der Waals surface area contributed by atoms with E-state index >= 15 is 0 Å². The van der Waals surface area contributed by atoms with Crippen molar-refractivity contribution in [2.45, 2.75) is 51.7 Å². The van der Waals surface area contributed by atoms with Crippen molar-refractivity contribution in [1.29, 1.82) is 0 Å². The first-order valence-corrected chi connectivity index (χ1v) is 9.62. The van der Waals surface area contributed by atoms with Gasteiger partial charge in [0.25, 0.3) is 0 Å². The molecule has 1 heterocycles. The predicted molar refractivity (Wildman–Crippen MR) is 108 cm³/mol. The summed E-state index contributed by atoms with van der Waals surface area (Å²) in [4.78, 5) is 61.6. The van der Waals surface area contributed by atoms with E-state index in [1.807, 2.05) is 0 Å². The van der Waals surface area contributed by atoms with Gasteiger partial charge in [-0.05, 0) is 31.8 Å². The monoisotopic (exact) mass is 406 g/mol. The van der Waals surface area contributed by atoms with Crippen LogP contribution in [0.5, 0.6) is 0 Å². The summed E-state index contributed by atoms with van der Waals surface area (Å²) in [6.45, 7) is 5.52. The number of hydrogen-bond acceptors (Lipinski definition) is 5. The molecule has 1 saturated heterocycles. The minimum atomic E-state index is -0.852. The fraction of sp³-hybridized carbons (Fsp3) is 0.550. The van der Waals surface area contributed by atoms with Crippen molar-refractivity contribution in [3.05, 3.63) is 24.3 Å². The Balaban J connectivity index is 3.06. The molecular formula is C20H30N4O5. The molecule has 3 N–H and O–H groups in total. The Kier molecular flexibility index (Phi) is 9.78. The molecule has 1 aliphatic rings. The number of aldehydes is 1. The fourth-order valence-electron chi connectivity index (χ4n) is 3.07. The van der Waals surface area contributed by atoms with Crippen molar-refractivity contribution in [3.8, 4) is 0 Å². The Labute approximate surface area is 171 Å². The largest absolute Gasteiger partial charge is 0.354 e. The van der Waals surface area contributed by atoms with Crippen LogP contribution in [0, 0.1) is 5.92 Å². The van der Waals surface area contributed by atoms with Gasteiger partial charge in [0.2, 0.25) is 23.6 Å². The molecule has 3 unspecified atom stereocenters.